The van der Waals surface area contributed by atoms with E-state index in [0.29, 0.717) is 9.13 Å². The average molecular weight is 323 g/mol. The van der Waals surface area contributed by atoms with Crippen LogP contribution in [0, 0.1) is 6.92 Å². The minimum absolute atomic E-state index is 0.355. The Bertz CT molecular complexity index is 650. The van der Waals surface area contributed by atoms with E-state index in [-0.39, 0.29) is 14.5 Å². The normalized spacial score (nSPS) is 10.0. The number of rotatable bonds is 3. The molecule has 0 unspecified atom stereocenters. The van der Waals surface area contributed by atoms with E-state index in [0.717, 1.165) is 11.3 Å². The molecule has 98 valence electrons. The van der Waals surface area contributed by atoms with E-state index in [1.807, 2.05) is 31.2 Å². The van der Waals surface area contributed by atoms with Crippen LogP contribution >= 0.6 is 0 Å². The van der Waals surface area contributed by atoms with Gasteiger partial charge in [-0.2, -0.15) is 0 Å². The van der Waals surface area contributed by atoms with Crippen LogP contribution in [0.4, 0.5) is 10.4 Å². The Morgan fingerprint density at radius 2 is 2.00 bits per heavy atom. The van der Waals surface area contributed by atoms with Gasteiger partial charge in [-0.3, -0.25) is 0 Å². The fourth-order valence-corrected chi connectivity index (χ4v) is 3.18. The Labute approximate surface area is 116 Å². The third kappa shape index (κ3) is 3.53. The average Bonchev–Trinajstić information content (AvgIpc) is 2.40. The van der Waals surface area contributed by atoms with Crippen molar-refractivity contribution in [1.29, 1.82) is 0 Å². The number of aryl methyl sites for hydroxylation is 1. The summed E-state index contributed by atoms with van der Waals surface area (Å²) in [6.07, 6.45) is 0. The number of esters is 1. The summed E-state index contributed by atoms with van der Waals surface area (Å²) in [5.74, 6) is -0.480. The maximum atomic E-state index is 11.4. The van der Waals surface area contributed by atoms with Crippen LogP contribution in [0.25, 0.3) is 0 Å². The molecule has 0 fully saturated rings. The number of hydrogen-bond donors (Lipinski definition) is 1. The van der Waals surface area contributed by atoms with Gasteiger partial charge in [0.05, 0.1) is 0 Å². The molecule has 0 saturated heterocycles. The predicted molar refractivity (Wildman–Crippen MR) is 73.2 cm³/mol. The van der Waals surface area contributed by atoms with Crippen LogP contribution in [0.1, 0.15) is 14.8 Å². The quantitative estimate of drug-likeness (QED) is 0.682. The van der Waals surface area contributed by atoms with Gasteiger partial charge in [0, 0.05) is 0 Å². The molecule has 0 spiro atoms. The van der Waals surface area contributed by atoms with E-state index in [2.05, 4.69) is 15.0 Å². The molecule has 0 aliphatic carbocycles. The van der Waals surface area contributed by atoms with E-state index in [1.54, 1.807) is 0 Å². The van der Waals surface area contributed by atoms with Gasteiger partial charge in [-0.05, 0) is 0 Å². The van der Waals surface area contributed by atoms with Gasteiger partial charge in [0.25, 0.3) is 0 Å². The molecule has 0 atom stereocenters. The van der Waals surface area contributed by atoms with Crippen molar-refractivity contribution in [3.05, 3.63) is 50.7 Å². The molecule has 1 N–H and O–H groups in total. The summed E-state index contributed by atoms with van der Waals surface area (Å²) in [7, 11) is 1.29. The first-order valence-corrected chi connectivity index (χ1v) is 7.24. The second-order valence-electron chi connectivity index (χ2n) is 3.85. The molecular formula is C13H12N2O3Se. The van der Waals surface area contributed by atoms with Crippen molar-refractivity contribution >= 4 is 30.9 Å². The van der Waals surface area contributed by atoms with Gasteiger partial charge in [-0.1, -0.05) is 0 Å². The molecule has 0 aliphatic heterocycles. The number of carbonyl (C=O) groups is 1. The van der Waals surface area contributed by atoms with Crippen molar-refractivity contribution in [3.8, 4) is 0 Å². The van der Waals surface area contributed by atoms with Crippen molar-refractivity contribution in [2.45, 2.75) is 6.92 Å². The van der Waals surface area contributed by atoms with E-state index in [4.69, 9.17) is 0 Å². The number of anilines is 2. The predicted octanol–water partition coefficient (Wildman–Crippen LogP) is 1.34. The van der Waals surface area contributed by atoms with Gasteiger partial charge in [-0.25, -0.2) is 0 Å². The van der Waals surface area contributed by atoms with Crippen LogP contribution in [0.3, 0.4) is 0 Å². The number of carbonyl (C=O) groups excluding carboxylic acids is 1. The molecule has 0 radical (unpaired) electrons. The summed E-state index contributed by atoms with van der Waals surface area (Å²) in [4.78, 5) is 26.8. The zero-order valence-corrected chi connectivity index (χ0v) is 12.2. The number of methoxy groups -OCH3 is 1. The number of hydrogen-bond acceptors (Lipinski definition) is 5. The first-order valence-electron chi connectivity index (χ1n) is 5.52. The molecule has 6 heteroatoms. The summed E-state index contributed by atoms with van der Waals surface area (Å²) < 4.78 is 5.50. The Morgan fingerprint density at radius 3 is 2.63 bits per heavy atom. The minimum atomic E-state index is -0.480. The molecule has 19 heavy (non-hydrogen) atoms. The van der Waals surface area contributed by atoms with E-state index >= 15 is 0 Å². The zero-order chi connectivity index (χ0) is 13.8. The van der Waals surface area contributed by atoms with E-state index < -0.39 is 11.5 Å². The Hall–Kier alpha value is -1.91. The van der Waals surface area contributed by atoms with Crippen molar-refractivity contribution in [1.82, 2.24) is 4.98 Å². The second-order valence-corrected chi connectivity index (χ2v) is 6.01. The molecule has 0 bridgehead atoms. The van der Waals surface area contributed by atoms with Gasteiger partial charge >= 0.3 is 115 Å². The molecule has 2 aromatic rings. The molecule has 0 amide bonds. The number of nitrogens with zero attached hydrogens (tertiary/aromatic N) is 1. The fourth-order valence-electron chi connectivity index (χ4n) is 1.42. The monoisotopic (exact) mass is 324 g/mol. The number of aromatic nitrogens is 1. The Kier molecular flexibility index (Phi) is 4.14. The molecule has 2 rings (SSSR count). The molecule has 1 heterocycles. The van der Waals surface area contributed by atoms with Gasteiger partial charge < -0.3 is 0 Å². The Morgan fingerprint density at radius 1 is 1.32 bits per heavy atom. The first-order chi connectivity index (χ1) is 9.08. The number of nitrogens with one attached hydrogen (secondary N) is 1. The first kappa shape index (κ1) is 13.5. The van der Waals surface area contributed by atoms with Crippen molar-refractivity contribution in [2.24, 2.45) is 0 Å². The molecule has 0 saturated carbocycles. The molecular weight excluding hydrogens is 311 g/mol. The van der Waals surface area contributed by atoms with Crippen molar-refractivity contribution in [3.63, 3.8) is 0 Å². The van der Waals surface area contributed by atoms with Gasteiger partial charge in [-0.15, -0.1) is 0 Å². The Balaban J connectivity index is 2.30. The van der Waals surface area contributed by atoms with Crippen LogP contribution in [-0.2, 0) is 4.74 Å². The maximum absolute atomic E-state index is 11.4. The summed E-state index contributed by atoms with van der Waals surface area (Å²) in [5, 5.41) is 3.06. The summed E-state index contributed by atoms with van der Waals surface area (Å²) >= 11 is -0.355. The molecule has 5 nitrogen and oxygen atoms in total. The van der Waals surface area contributed by atoms with E-state index in [9.17, 15) is 9.59 Å². The zero-order valence-electron chi connectivity index (χ0n) is 10.5. The molecule has 1 aromatic heterocycles. The summed E-state index contributed by atoms with van der Waals surface area (Å²) in [6, 6.07) is 8.93. The SMILES string of the molecule is COC(=O)c1cc(=O)nc(Nc2ccc(C)cc2)[se]1. The van der Waals surface area contributed by atoms with Crippen LogP contribution in [0.15, 0.2) is 35.1 Å². The van der Waals surface area contributed by atoms with Crippen molar-refractivity contribution < 1.29 is 9.53 Å². The van der Waals surface area contributed by atoms with Gasteiger partial charge in [0.2, 0.25) is 0 Å². The topological polar surface area (TPSA) is 68.3 Å². The van der Waals surface area contributed by atoms with Crippen LogP contribution in [0.2, 0.25) is 0 Å². The van der Waals surface area contributed by atoms with Crippen LogP contribution in [0.5, 0.6) is 0 Å². The summed E-state index contributed by atoms with van der Waals surface area (Å²) in [6.45, 7) is 1.99. The van der Waals surface area contributed by atoms with Gasteiger partial charge in [0.15, 0.2) is 0 Å². The molecule has 0 aliphatic rings. The van der Waals surface area contributed by atoms with Crippen LogP contribution < -0.4 is 10.9 Å². The number of benzene rings is 1. The molecule has 1 aromatic carbocycles. The standard InChI is InChI=1S/C13H12N2O3Se/c1-8-3-5-9(6-4-8)14-13-15-11(16)7-10(19-13)12(17)18-2/h3-7H,1-2H3,(H,14,15,16). The van der Waals surface area contributed by atoms with Crippen LogP contribution in [-0.4, -0.2) is 32.6 Å². The number of ether oxygens (including phenoxy) is 1. The third-order valence-corrected chi connectivity index (χ3v) is 4.23. The van der Waals surface area contributed by atoms with Gasteiger partial charge in [0.1, 0.15) is 0 Å². The third-order valence-electron chi connectivity index (χ3n) is 2.36. The van der Waals surface area contributed by atoms with Crippen molar-refractivity contribution in [2.75, 3.05) is 12.4 Å². The van der Waals surface area contributed by atoms with E-state index in [1.165, 1.54) is 13.2 Å². The second kappa shape index (κ2) is 5.82. The summed E-state index contributed by atoms with van der Waals surface area (Å²) in [5.41, 5.74) is 1.54. The fraction of sp³-hybridized carbons (Fsp3) is 0.154.